The summed E-state index contributed by atoms with van der Waals surface area (Å²) in [5, 5.41) is 18.8. The van der Waals surface area contributed by atoms with Gasteiger partial charge in [0, 0.05) is 0 Å². The highest BCUT2D eigenvalue weighted by Gasteiger charge is 2.21. The predicted octanol–water partition coefficient (Wildman–Crippen LogP) is 1.82. The number of nitrogens with one attached hydrogen (secondary N) is 1. The summed E-state index contributed by atoms with van der Waals surface area (Å²) < 4.78 is 5.07. The van der Waals surface area contributed by atoms with Crippen molar-refractivity contribution in [1.82, 2.24) is 15.5 Å². The van der Waals surface area contributed by atoms with Crippen molar-refractivity contribution in [2.75, 3.05) is 0 Å². The molecule has 1 heterocycles. The molecule has 1 amide bonds. The van der Waals surface area contributed by atoms with Gasteiger partial charge in [-0.1, -0.05) is 11.3 Å². The molecular weight excluding hydrogens is 258 g/mol. The van der Waals surface area contributed by atoms with Crippen molar-refractivity contribution < 1.29 is 19.4 Å². The number of carbonyl (C=O) groups is 2. The Labute approximate surface area is 108 Å². The standard InChI is InChI=1S/C10H15N3O4S/c1-5(11-9(16)17-10(2,3)4)6-12-13-7(18-6)8(14)15/h5H,1-4H3,(H,11,16)(H,14,15). The Kier molecular flexibility index (Phi) is 4.23. The Morgan fingerprint density at radius 2 is 2.00 bits per heavy atom. The van der Waals surface area contributed by atoms with E-state index in [0.717, 1.165) is 11.3 Å². The summed E-state index contributed by atoms with van der Waals surface area (Å²) in [5.41, 5.74) is -0.586. The molecule has 1 aromatic rings. The fourth-order valence-corrected chi connectivity index (χ4v) is 1.73. The highest BCUT2D eigenvalue weighted by molar-refractivity contribution is 7.13. The van der Waals surface area contributed by atoms with Gasteiger partial charge in [0.25, 0.3) is 0 Å². The third kappa shape index (κ3) is 4.28. The molecular formula is C10H15N3O4S. The second kappa shape index (κ2) is 5.30. The highest BCUT2D eigenvalue weighted by atomic mass is 32.1. The number of carbonyl (C=O) groups excluding carboxylic acids is 1. The van der Waals surface area contributed by atoms with Gasteiger partial charge in [-0.15, -0.1) is 10.2 Å². The van der Waals surface area contributed by atoms with E-state index in [1.165, 1.54) is 0 Å². The normalized spacial score (nSPS) is 12.9. The van der Waals surface area contributed by atoms with Crippen LogP contribution in [0.4, 0.5) is 4.79 Å². The average molecular weight is 273 g/mol. The number of carboxylic acids is 1. The summed E-state index contributed by atoms with van der Waals surface area (Å²) in [6.45, 7) is 6.94. The monoisotopic (exact) mass is 273 g/mol. The lowest BCUT2D eigenvalue weighted by Crippen LogP contribution is -2.34. The van der Waals surface area contributed by atoms with Crippen LogP contribution in [0, 0.1) is 0 Å². The van der Waals surface area contributed by atoms with E-state index < -0.39 is 23.7 Å². The third-order valence-electron chi connectivity index (χ3n) is 1.73. The summed E-state index contributed by atoms with van der Waals surface area (Å²) in [5.74, 6) is -1.14. The Hall–Kier alpha value is -1.70. The Bertz CT molecular complexity index is 452. The minimum Gasteiger partial charge on any atom is -0.476 e. The molecule has 1 unspecified atom stereocenters. The van der Waals surface area contributed by atoms with Gasteiger partial charge in [-0.2, -0.15) is 0 Å². The zero-order valence-electron chi connectivity index (χ0n) is 10.6. The maximum Gasteiger partial charge on any atom is 0.408 e. The number of nitrogens with zero attached hydrogens (tertiary/aromatic N) is 2. The van der Waals surface area contributed by atoms with Crippen LogP contribution in [-0.4, -0.2) is 33.0 Å². The first-order valence-electron chi connectivity index (χ1n) is 5.25. The second-order valence-corrected chi connectivity index (χ2v) is 5.63. The zero-order chi connectivity index (χ0) is 13.9. The molecule has 0 fully saturated rings. The van der Waals surface area contributed by atoms with Gasteiger partial charge in [0.1, 0.15) is 10.6 Å². The summed E-state index contributed by atoms with van der Waals surface area (Å²) in [4.78, 5) is 22.1. The van der Waals surface area contributed by atoms with Crippen LogP contribution in [0.3, 0.4) is 0 Å². The largest absolute Gasteiger partial charge is 0.476 e. The zero-order valence-corrected chi connectivity index (χ0v) is 11.4. The molecule has 0 spiro atoms. The number of hydrogen-bond acceptors (Lipinski definition) is 6. The summed E-state index contributed by atoms with van der Waals surface area (Å²) >= 11 is 0.917. The van der Waals surface area contributed by atoms with Crippen molar-refractivity contribution in [3.63, 3.8) is 0 Å². The molecule has 8 heteroatoms. The lowest BCUT2D eigenvalue weighted by Gasteiger charge is -2.21. The molecule has 0 aliphatic rings. The molecule has 0 saturated carbocycles. The molecule has 0 radical (unpaired) electrons. The molecule has 0 aliphatic heterocycles. The van der Waals surface area contributed by atoms with Crippen LogP contribution < -0.4 is 5.32 Å². The number of ether oxygens (including phenoxy) is 1. The van der Waals surface area contributed by atoms with E-state index >= 15 is 0 Å². The topological polar surface area (TPSA) is 101 Å². The van der Waals surface area contributed by atoms with Crippen LogP contribution in [0.5, 0.6) is 0 Å². The van der Waals surface area contributed by atoms with E-state index in [-0.39, 0.29) is 5.01 Å². The van der Waals surface area contributed by atoms with Crippen LogP contribution in [-0.2, 0) is 4.74 Å². The van der Waals surface area contributed by atoms with E-state index in [2.05, 4.69) is 15.5 Å². The summed E-state index contributed by atoms with van der Waals surface area (Å²) in [7, 11) is 0. The number of alkyl carbamates (subject to hydrolysis) is 1. The van der Waals surface area contributed by atoms with Crippen molar-refractivity contribution in [1.29, 1.82) is 0 Å². The van der Waals surface area contributed by atoms with Crippen LogP contribution in [0.25, 0.3) is 0 Å². The van der Waals surface area contributed by atoms with Gasteiger partial charge in [0.2, 0.25) is 5.01 Å². The van der Waals surface area contributed by atoms with Crippen molar-refractivity contribution in [2.24, 2.45) is 0 Å². The van der Waals surface area contributed by atoms with Crippen molar-refractivity contribution >= 4 is 23.4 Å². The highest BCUT2D eigenvalue weighted by Crippen LogP contribution is 2.18. The molecule has 0 aromatic carbocycles. The molecule has 1 rings (SSSR count). The first kappa shape index (κ1) is 14.4. The number of rotatable bonds is 3. The number of hydrogen-bond donors (Lipinski definition) is 2. The van der Waals surface area contributed by atoms with Crippen LogP contribution in [0.1, 0.15) is 48.5 Å². The lowest BCUT2D eigenvalue weighted by molar-refractivity contribution is 0.0507. The van der Waals surface area contributed by atoms with Crippen LogP contribution >= 0.6 is 11.3 Å². The van der Waals surface area contributed by atoms with Gasteiger partial charge in [-0.3, -0.25) is 0 Å². The SMILES string of the molecule is CC(NC(=O)OC(C)(C)C)c1nnc(C(=O)O)s1. The molecule has 1 atom stereocenters. The molecule has 2 N–H and O–H groups in total. The van der Waals surface area contributed by atoms with Crippen molar-refractivity contribution in [3.8, 4) is 0 Å². The van der Waals surface area contributed by atoms with E-state index in [1.807, 2.05) is 0 Å². The number of carboxylic acid groups (broad SMARTS) is 1. The first-order chi connectivity index (χ1) is 8.19. The Balaban J connectivity index is 2.62. The lowest BCUT2D eigenvalue weighted by atomic mass is 10.2. The predicted molar refractivity (Wildman–Crippen MR) is 64.7 cm³/mol. The molecule has 0 saturated heterocycles. The smallest absolute Gasteiger partial charge is 0.408 e. The average Bonchev–Trinajstić information content (AvgIpc) is 2.62. The molecule has 100 valence electrons. The quantitative estimate of drug-likeness (QED) is 0.871. The molecule has 18 heavy (non-hydrogen) atoms. The van der Waals surface area contributed by atoms with Gasteiger partial charge in [0.15, 0.2) is 0 Å². The second-order valence-electron chi connectivity index (χ2n) is 4.62. The van der Waals surface area contributed by atoms with Crippen LogP contribution in [0.2, 0.25) is 0 Å². The Morgan fingerprint density at radius 3 is 2.44 bits per heavy atom. The molecule has 7 nitrogen and oxygen atoms in total. The van der Waals surface area contributed by atoms with E-state index in [4.69, 9.17) is 9.84 Å². The van der Waals surface area contributed by atoms with Gasteiger partial charge in [-0.25, -0.2) is 9.59 Å². The molecule has 0 aliphatic carbocycles. The first-order valence-corrected chi connectivity index (χ1v) is 6.07. The van der Waals surface area contributed by atoms with Crippen LogP contribution in [0.15, 0.2) is 0 Å². The minimum absolute atomic E-state index is 0.108. The minimum atomic E-state index is -1.14. The maximum absolute atomic E-state index is 11.5. The van der Waals surface area contributed by atoms with Gasteiger partial charge < -0.3 is 15.2 Å². The number of aromatic carboxylic acids is 1. The van der Waals surface area contributed by atoms with Crippen molar-refractivity contribution in [3.05, 3.63) is 10.0 Å². The summed E-state index contributed by atoms with van der Waals surface area (Å²) in [6.07, 6.45) is -0.581. The van der Waals surface area contributed by atoms with E-state index in [9.17, 15) is 9.59 Å². The van der Waals surface area contributed by atoms with Gasteiger partial charge in [-0.05, 0) is 27.7 Å². The maximum atomic E-state index is 11.5. The van der Waals surface area contributed by atoms with E-state index in [0.29, 0.717) is 5.01 Å². The molecule has 0 bridgehead atoms. The third-order valence-corrected chi connectivity index (χ3v) is 2.82. The molecule has 1 aromatic heterocycles. The number of aromatic nitrogens is 2. The summed E-state index contributed by atoms with van der Waals surface area (Å²) in [6, 6.07) is -0.453. The fraction of sp³-hybridized carbons (Fsp3) is 0.600. The van der Waals surface area contributed by atoms with Gasteiger partial charge in [0.05, 0.1) is 6.04 Å². The van der Waals surface area contributed by atoms with E-state index in [1.54, 1.807) is 27.7 Å². The Morgan fingerprint density at radius 1 is 1.39 bits per heavy atom. The number of amides is 1. The fourth-order valence-electron chi connectivity index (χ4n) is 1.04. The van der Waals surface area contributed by atoms with Gasteiger partial charge >= 0.3 is 12.1 Å². The van der Waals surface area contributed by atoms with Crippen molar-refractivity contribution in [2.45, 2.75) is 39.3 Å².